The van der Waals surface area contributed by atoms with Crippen LogP contribution >= 0.6 is 11.3 Å². The lowest BCUT2D eigenvalue weighted by Gasteiger charge is -2.30. The van der Waals surface area contributed by atoms with E-state index in [2.05, 4.69) is 27.1 Å². The number of ketones is 1. The van der Waals surface area contributed by atoms with E-state index < -0.39 is 5.92 Å². The Morgan fingerprint density at radius 1 is 1.34 bits per heavy atom. The average Bonchev–Trinajstić information content (AvgIpc) is 3.35. The van der Waals surface area contributed by atoms with Crippen LogP contribution in [-0.2, 0) is 16.1 Å². The molecule has 1 aliphatic carbocycles. The maximum atomic E-state index is 12.7. The first-order chi connectivity index (χ1) is 14.2. The molecule has 0 radical (unpaired) electrons. The Morgan fingerprint density at radius 2 is 2.21 bits per heavy atom. The molecule has 7 heteroatoms. The summed E-state index contributed by atoms with van der Waals surface area (Å²) in [7, 11) is 0. The number of hydrogen-bond donors (Lipinski definition) is 1. The van der Waals surface area contributed by atoms with Crippen LogP contribution in [0, 0.1) is 11.3 Å². The zero-order chi connectivity index (χ0) is 20.0. The molecule has 144 valence electrons. The Morgan fingerprint density at radius 3 is 3.07 bits per heavy atom. The van der Waals surface area contributed by atoms with Crippen LogP contribution < -0.4 is 5.73 Å². The number of hydrogen-bond acceptors (Lipinski definition) is 6. The number of ether oxygens (including phenoxy) is 1. The lowest BCUT2D eigenvalue weighted by molar-refractivity contribution is -0.116. The van der Waals surface area contributed by atoms with E-state index in [4.69, 9.17) is 10.5 Å². The minimum absolute atomic E-state index is 0.0482. The topological polar surface area (TPSA) is 93.9 Å². The second kappa shape index (κ2) is 6.90. The number of carbonyl (C=O) groups is 1. The van der Waals surface area contributed by atoms with E-state index in [9.17, 15) is 10.1 Å². The van der Waals surface area contributed by atoms with E-state index >= 15 is 0 Å². The summed E-state index contributed by atoms with van der Waals surface area (Å²) in [5.74, 6) is 0.349. The van der Waals surface area contributed by atoms with Crippen molar-refractivity contribution in [2.75, 3.05) is 0 Å². The molecule has 1 aromatic carbocycles. The molecule has 1 atom stereocenters. The van der Waals surface area contributed by atoms with Gasteiger partial charge in [0.15, 0.2) is 5.78 Å². The van der Waals surface area contributed by atoms with Gasteiger partial charge in [-0.3, -0.25) is 4.79 Å². The number of aromatic nitrogens is 2. The number of nitriles is 1. The van der Waals surface area contributed by atoms with Crippen molar-refractivity contribution in [1.29, 1.82) is 5.26 Å². The minimum Gasteiger partial charge on any atom is -0.444 e. The molecule has 2 N–H and O–H groups in total. The van der Waals surface area contributed by atoms with Gasteiger partial charge in [-0.25, -0.2) is 4.98 Å². The molecule has 2 aliphatic rings. The first-order valence-electron chi connectivity index (χ1n) is 9.46. The molecule has 3 aromatic rings. The summed E-state index contributed by atoms with van der Waals surface area (Å²) in [6.07, 6.45) is 3.75. The fourth-order valence-corrected chi connectivity index (χ4v) is 5.12. The van der Waals surface area contributed by atoms with E-state index in [1.165, 1.54) is 0 Å². The van der Waals surface area contributed by atoms with E-state index in [0.717, 1.165) is 27.9 Å². The van der Waals surface area contributed by atoms with E-state index in [1.54, 1.807) is 11.3 Å². The third kappa shape index (κ3) is 2.93. The van der Waals surface area contributed by atoms with Gasteiger partial charge in [-0.1, -0.05) is 12.1 Å². The van der Waals surface area contributed by atoms with Crippen molar-refractivity contribution in [3.63, 3.8) is 0 Å². The summed E-state index contributed by atoms with van der Waals surface area (Å²) in [6, 6.07) is 12.2. The number of thiophene rings is 1. The first-order valence-corrected chi connectivity index (χ1v) is 10.3. The van der Waals surface area contributed by atoms with Gasteiger partial charge in [-0.05, 0) is 35.6 Å². The molecule has 0 bridgehead atoms. The van der Waals surface area contributed by atoms with E-state index in [1.807, 2.05) is 30.6 Å². The zero-order valence-electron chi connectivity index (χ0n) is 15.6. The first kappa shape index (κ1) is 17.7. The van der Waals surface area contributed by atoms with Crippen LogP contribution in [0.4, 0.5) is 0 Å². The van der Waals surface area contributed by atoms with Gasteiger partial charge in [0.05, 0.1) is 23.3 Å². The average molecular weight is 402 g/mol. The second-order valence-corrected chi connectivity index (χ2v) is 8.20. The number of benzene rings is 1. The van der Waals surface area contributed by atoms with Crippen molar-refractivity contribution in [2.24, 2.45) is 5.73 Å². The Hall–Kier alpha value is -3.37. The molecular formula is C22H18N4O2S. The van der Waals surface area contributed by atoms with Crippen molar-refractivity contribution in [1.82, 2.24) is 9.55 Å². The number of nitrogens with two attached hydrogens (primary N) is 1. The highest BCUT2D eigenvalue weighted by Gasteiger charge is 2.38. The summed E-state index contributed by atoms with van der Waals surface area (Å²) in [6.45, 7) is 0.668. The van der Waals surface area contributed by atoms with Crippen LogP contribution in [0.2, 0.25) is 0 Å². The molecule has 6 nitrogen and oxygen atoms in total. The summed E-state index contributed by atoms with van der Waals surface area (Å²) < 4.78 is 7.74. The molecule has 0 fully saturated rings. The van der Waals surface area contributed by atoms with Crippen LogP contribution in [0.5, 0.6) is 0 Å². The number of imidazole rings is 1. The molecule has 29 heavy (non-hydrogen) atoms. The monoisotopic (exact) mass is 402 g/mol. The van der Waals surface area contributed by atoms with Crippen LogP contribution in [-0.4, -0.2) is 15.3 Å². The predicted octanol–water partition coefficient (Wildman–Crippen LogP) is 3.96. The molecule has 0 amide bonds. The van der Waals surface area contributed by atoms with Crippen LogP contribution in [0.1, 0.15) is 35.6 Å². The highest BCUT2D eigenvalue weighted by molar-refractivity contribution is 7.10. The van der Waals surface area contributed by atoms with Crippen LogP contribution in [0.3, 0.4) is 0 Å². The van der Waals surface area contributed by atoms with Crippen LogP contribution in [0.25, 0.3) is 11.0 Å². The maximum Gasteiger partial charge on any atom is 0.205 e. The summed E-state index contributed by atoms with van der Waals surface area (Å²) in [5.41, 5.74) is 10.1. The number of carbonyl (C=O) groups excluding carboxylic acids is 1. The zero-order valence-corrected chi connectivity index (χ0v) is 16.4. The molecule has 5 rings (SSSR count). The molecule has 0 spiro atoms. The normalized spacial score (nSPS) is 19.3. The molecular weight excluding hydrogens is 384 g/mol. The van der Waals surface area contributed by atoms with Crippen molar-refractivity contribution in [3.8, 4) is 6.07 Å². The van der Waals surface area contributed by atoms with Crippen molar-refractivity contribution in [2.45, 2.75) is 31.7 Å². The van der Waals surface area contributed by atoms with Gasteiger partial charge >= 0.3 is 0 Å². The third-order valence-corrected chi connectivity index (χ3v) is 6.49. The Labute approximate surface area is 171 Å². The highest BCUT2D eigenvalue weighted by atomic mass is 32.1. The summed E-state index contributed by atoms with van der Waals surface area (Å²) in [4.78, 5) is 18.1. The summed E-state index contributed by atoms with van der Waals surface area (Å²) in [5, 5.41) is 11.8. The Balaban J connectivity index is 1.52. The SMILES string of the molecule is N#CC1=C(N)OC2=C(C(=O)CCC2)[C@H]1c1cc(Cn2cnc3ccccc32)cs1. The Kier molecular flexibility index (Phi) is 4.22. The van der Waals surface area contributed by atoms with E-state index in [-0.39, 0.29) is 11.7 Å². The number of allylic oxidation sites excluding steroid dienone is 3. The molecule has 2 aromatic heterocycles. The van der Waals surface area contributed by atoms with Crippen molar-refractivity contribution >= 4 is 28.2 Å². The van der Waals surface area contributed by atoms with Gasteiger partial charge in [-0.2, -0.15) is 5.26 Å². The van der Waals surface area contributed by atoms with Gasteiger partial charge in [0, 0.05) is 29.8 Å². The predicted molar refractivity (Wildman–Crippen MR) is 110 cm³/mol. The van der Waals surface area contributed by atoms with Crippen molar-refractivity contribution in [3.05, 3.63) is 75.3 Å². The van der Waals surface area contributed by atoms with E-state index in [0.29, 0.717) is 36.3 Å². The fourth-order valence-electron chi connectivity index (χ4n) is 4.10. The number of Topliss-reactive ketones (excluding diaryl/α,β-unsaturated/α-hetero) is 1. The molecule has 0 unspecified atom stereocenters. The Bertz CT molecular complexity index is 1240. The maximum absolute atomic E-state index is 12.7. The smallest absolute Gasteiger partial charge is 0.205 e. The molecule has 1 aliphatic heterocycles. The van der Waals surface area contributed by atoms with Gasteiger partial charge in [-0.15, -0.1) is 11.3 Å². The highest BCUT2D eigenvalue weighted by Crippen LogP contribution is 2.45. The van der Waals surface area contributed by atoms with Gasteiger partial charge in [0.25, 0.3) is 0 Å². The largest absolute Gasteiger partial charge is 0.444 e. The fraction of sp³-hybridized carbons (Fsp3) is 0.227. The van der Waals surface area contributed by atoms with Gasteiger partial charge < -0.3 is 15.0 Å². The lowest BCUT2D eigenvalue weighted by atomic mass is 9.80. The van der Waals surface area contributed by atoms with Gasteiger partial charge in [0.2, 0.25) is 5.88 Å². The third-order valence-electron chi connectivity index (χ3n) is 5.44. The van der Waals surface area contributed by atoms with Crippen molar-refractivity contribution < 1.29 is 9.53 Å². The molecule has 0 saturated carbocycles. The molecule has 0 saturated heterocycles. The second-order valence-electron chi connectivity index (χ2n) is 7.26. The van der Waals surface area contributed by atoms with Gasteiger partial charge in [0.1, 0.15) is 17.4 Å². The number of nitrogens with zero attached hydrogens (tertiary/aromatic N) is 3. The number of rotatable bonds is 3. The number of fused-ring (bicyclic) bond motifs is 1. The number of para-hydroxylation sites is 2. The van der Waals surface area contributed by atoms with Crippen LogP contribution in [0.15, 0.2) is 64.8 Å². The standard InChI is InChI=1S/C22H18N4O2S/c23-9-14-20(21-17(27)6-3-7-18(21)28-22(14)24)19-8-13(11-29-19)10-26-12-25-15-4-1-2-5-16(15)26/h1-2,4-5,8,11-12,20H,3,6-7,10,24H2/t20-/m1/s1. The summed E-state index contributed by atoms with van der Waals surface area (Å²) >= 11 is 1.55. The molecule has 3 heterocycles. The lowest BCUT2D eigenvalue weighted by Crippen LogP contribution is -2.27. The quantitative estimate of drug-likeness (QED) is 0.716. The minimum atomic E-state index is -0.435.